The van der Waals surface area contributed by atoms with Gasteiger partial charge in [0.05, 0.1) is 10.5 Å². The van der Waals surface area contributed by atoms with Crippen molar-refractivity contribution in [3.8, 4) is 0 Å². The largest absolute Gasteiger partial charge is 0.308 e. The van der Waals surface area contributed by atoms with Crippen molar-refractivity contribution in [2.24, 2.45) is 0 Å². The van der Waals surface area contributed by atoms with Crippen molar-refractivity contribution in [1.82, 2.24) is 4.98 Å². The monoisotopic (exact) mass is 411 g/mol. The third-order valence-electron chi connectivity index (χ3n) is 4.82. The molecule has 0 atom stereocenters. The number of pyridine rings is 1. The van der Waals surface area contributed by atoms with Gasteiger partial charge in [-0.05, 0) is 73.0 Å². The van der Waals surface area contributed by atoms with Crippen LogP contribution >= 0.6 is 0 Å². The van der Waals surface area contributed by atoms with E-state index in [2.05, 4.69) is 9.71 Å². The Kier molecular flexibility index (Phi) is 4.79. The molecule has 0 saturated heterocycles. The average molecular weight is 411 g/mol. The van der Waals surface area contributed by atoms with Crippen molar-refractivity contribution in [3.05, 3.63) is 83.4 Å². The van der Waals surface area contributed by atoms with Crippen LogP contribution in [0.4, 0.5) is 15.8 Å². The second-order valence-electron chi connectivity index (χ2n) is 6.81. The fourth-order valence-electron chi connectivity index (χ4n) is 3.32. The third kappa shape index (κ3) is 3.71. The summed E-state index contributed by atoms with van der Waals surface area (Å²) in [7, 11) is -3.85. The Morgan fingerprint density at radius 2 is 2.00 bits per heavy atom. The van der Waals surface area contributed by atoms with E-state index < -0.39 is 15.8 Å². The minimum absolute atomic E-state index is 0.00900. The summed E-state index contributed by atoms with van der Waals surface area (Å²) < 4.78 is 41.2. The van der Waals surface area contributed by atoms with Gasteiger partial charge in [-0.2, -0.15) is 0 Å². The number of benzene rings is 2. The van der Waals surface area contributed by atoms with Gasteiger partial charge in [0.2, 0.25) is 0 Å². The number of carbonyl (C=O) groups excluding carboxylic acids is 1. The van der Waals surface area contributed by atoms with Gasteiger partial charge in [0.25, 0.3) is 15.9 Å². The van der Waals surface area contributed by atoms with Crippen LogP contribution in [0.15, 0.2) is 65.8 Å². The van der Waals surface area contributed by atoms with Gasteiger partial charge >= 0.3 is 0 Å². The van der Waals surface area contributed by atoms with Crippen molar-refractivity contribution in [1.29, 1.82) is 0 Å². The standard InChI is InChI=1S/C21H18FN3O3S/c1-14-11-18(5-6-19(14)22)29(27,28)24-17-4-7-20-15(12-17)8-10-25(20)21(26)16-3-2-9-23-13-16/h2-7,9,11-13,24H,8,10H2,1H3. The minimum atomic E-state index is -3.85. The Labute approximate surface area is 168 Å². The summed E-state index contributed by atoms with van der Waals surface area (Å²) in [6.45, 7) is 2.02. The first-order chi connectivity index (χ1) is 13.8. The molecule has 0 aliphatic carbocycles. The number of nitrogens with zero attached hydrogens (tertiary/aromatic N) is 2. The van der Waals surface area contributed by atoms with E-state index >= 15 is 0 Å². The molecule has 1 aromatic heterocycles. The van der Waals surface area contributed by atoms with Crippen molar-refractivity contribution < 1.29 is 17.6 Å². The van der Waals surface area contributed by atoms with Crippen LogP contribution in [0.2, 0.25) is 0 Å². The SMILES string of the molecule is Cc1cc(S(=O)(=O)Nc2ccc3c(c2)CCN3C(=O)c2cccnc2)ccc1F. The van der Waals surface area contributed by atoms with Gasteiger partial charge in [-0.1, -0.05) is 0 Å². The fraction of sp³-hybridized carbons (Fsp3) is 0.143. The van der Waals surface area contributed by atoms with E-state index in [9.17, 15) is 17.6 Å². The smallest absolute Gasteiger partial charge is 0.261 e. The first kappa shape index (κ1) is 19.1. The highest BCUT2D eigenvalue weighted by molar-refractivity contribution is 7.92. The summed E-state index contributed by atoms with van der Waals surface area (Å²) in [6.07, 6.45) is 3.75. The van der Waals surface area contributed by atoms with Crippen molar-refractivity contribution in [3.63, 3.8) is 0 Å². The molecule has 29 heavy (non-hydrogen) atoms. The van der Waals surface area contributed by atoms with E-state index in [1.165, 1.54) is 25.3 Å². The summed E-state index contributed by atoms with van der Waals surface area (Å²) >= 11 is 0. The molecule has 0 saturated carbocycles. The predicted molar refractivity (Wildman–Crippen MR) is 108 cm³/mol. The number of fused-ring (bicyclic) bond motifs is 1. The van der Waals surface area contributed by atoms with Crippen molar-refractivity contribution in [2.45, 2.75) is 18.2 Å². The van der Waals surface area contributed by atoms with Crippen LogP contribution < -0.4 is 9.62 Å². The van der Waals surface area contributed by atoms with Crippen LogP contribution in [0, 0.1) is 12.7 Å². The molecule has 3 aromatic rings. The number of rotatable bonds is 4. The highest BCUT2D eigenvalue weighted by atomic mass is 32.2. The molecule has 0 bridgehead atoms. The summed E-state index contributed by atoms with van der Waals surface area (Å²) in [4.78, 5) is 18.3. The van der Waals surface area contributed by atoms with Crippen molar-refractivity contribution >= 4 is 27.3 Å². The zero-order chi connectivity index (χ0) is 20.6. The zero-order valence-electron chi connectivity index (χ0n) is 15.6. The summed E-state index contributed by atoms with van der Waals surface area (Å²) in [5, 5.41) is 0. The molecule has 8 heteroatoms. The van der Waals surface area contributed by atoms with Crippen LogP contribution in [0.3, 0.4) is 0 Å². The highest BCUT2D eigenvalue weighted by Crippen LogP contribution is 2.32. The molecule has 2 heterocycles. The van der Waals surface area contributed by atoms with Crippen LogP contribution in [0.5, 0.6) is 0 Å². The molecule has 1 amide bonds. The number of sulfonamides is 1. The molecular weight excluding hydrogens is 393 g/mol. The lowest BCUT2D eigenvalue weighted by atomic mass is 10.1. The second-order valence-corrected chi connectivity index (χ2v) is 8.49. The Hall–Kier alpha value is -3.26. The molecule has 148 valence electrons. The summed E-state index contributed by atoms with van der Waals surface area (Å²) in [5.74, 6) is -0.605. The summed E-state index contributed by atoms with van der Waals surface area (Å²) in [5.41, 5.74) is 2.77. The lowest BCUT2D eigenvalue weighted by Gasteiger charge is -2.17. The third-order valence-corrected chi connectivity index (χ3v) is 6.20. The van der Waals surface area contributed by atoms with Gasteiger partial charge in [0, 0.05) is 30.3 Å². The first-order valence-electron chi connectivity index (χ1n) is 8.99. The maximum atomic E-state index is 13.4. The molecule has 0 fully saturated rings. The van der Waals surface area contributed by atoms with Gasteiger partial charge in [-0.25, -0.2) is 12.8 Å². The molecule has 6 nitrogen and oxygen atoms in total. The lowest BCUT2D eigenvalue weighted by Crippen LogP contribution is -2.28. The van der Waals surface area contributed by atoms with Gasteiger partial charge in [-0.15, -0.1) is 0 Å². The van der Waals surface area contributed by atoms with E-state index in [0.29, 0.717) is 24.2 Å². The normalized spacial score (nSPS) is 13.2. The maximum absolute atomic E-state index is 13.4. The Bertz CT molecular complexity index is 1200. The molecule has 0 radical (unpaired) electrons. The van der Waals surface area contributed by atoms with E-state index in [-0.39, 0.29) is 16.4 Å². The molecule has 2 aromatic carbocycles. The number of halogens is 1. The van der Waals surface area contributed by atoms with Gasteiger partial charge < -0.3 is 4.90 Å². The quantitative estimate of drug-likeness (QED) is 0.712. The van der Waals surface area contributed by atoms with E-state index in [0.717, 1.165) is 17.3 Å². The number of aromatic nitrogens is 1. The van der Waals surface area contributed by atoms with E-state index in [1.54, 1.807) is 41.4 Å². The molecule has 4 rings (SSSR count). The molecule has 0 unspecified atom stereocenters. The Balaban J connectivity index is 1.58. The molecular formula is C21H18FN3O3S. The zero-order valence-corrected chi connectivity index (χ0v) is 16.4. The molecule has 1 N–H and O–H groups in total. The maximum Gasteiger partial charge on any atom is 0.261 e. The Morgan fingerprint density at radius 1 is 1.17 bits per heavy atom. The van der Waals surface area contributed by atoms with Crippen LogP contribution in [0.1, 0.15) is 21.5 Å². The van der Waals surface area contributed by atoms with Crippen LogP contribution in [0.25, 0.3) is 0 Å². The lowest BCUT2D eigenvalue weighted by molar-refractivity contribution is 0.0989. The number of carbonyl (C=O) groups is 1. The molecule has 0 spiro atoms. The number of nitrogens with one attached hydrogen (secondary N) is 1. The number of anilines is 2. The highest BCUT2D eigenvalue weighted by Gasteiger charge is 2.26. The number of amides is 1. The van der Waals surface area contributed by atoms with Crippen molar-refractivity contribution in [2.75, 3.05) is 16.2 Å². The Morgan fingerprint density at radius 3 is 2.72 bits per heavy atom. The van der Waals surface area contributed by atoms with Gasteiger partial charge in [0.1, 0.15) is 5.82 Å². The minimum Gasteiger partial charge on any atom is -0.308 e. The van der Waals surface area contributed by atoms with Gasteiger partial charge in [-0.3, -0.25) is 14.5 Å². The average Bonchev–Trinajstić information content (AvgIpc) is 3.13. The number of aryl methyl sites for hydroxylation is 1. The van der Waals surface area contributed by atoms with Crippen LogP contribution in [-0.4, -0.2) is 25.9 Å². The molecule has 1 aliphatic rings. The molecule has 1 aliphatic heterocycles. The predicted octanol–water partition coefficient (Wildman–Crippen LogP) is 3.53. The fourth-order valence-corrected chi connectivity index (χ4v) is 4.45. The second kappa shape index (κ2) is 7.29. The topological polar surface area (TPSA) is 79.4 Å². The van der Waals surface area contributed by atoms with Gasteiger partial charge in [0.15, 0.2) is 0 Å². The van der Waals surface area contributed by atoms with E-state index in [4.69, 9.17) is 0 Å². The van der Waals surface area contributed by atoms with Crippen LogP contribution in [-0.2, 0) is 16.4 Å². The number of hydrogen-bond donors (Lipinski definition) is 1. The number of hydrogen-bond acceptors (Lipinski definition) is 4. The first-order valence-corrected chi connectivity index (χ1v) is 10.5. The summed E-state index contributed by atoms with van der Waals surface area (Å²) in [6, 6.07) is 12.1. The van der Waals surface area contributed by atoms with E-state index in [1.807, 2.05) is 0 Å².